The maximum Gasteiger partial charge on any atom is 0.313 e. The van der Waals surface area contributed by atoms with Gasteiger partial charge in [0, 0.05) is 17.7 Å². The molecule has 0 aliphatic heterocycles. The first-order valence-electron chi connectivity index (χ1n) is 6.57. The molecule has 0 aliphatic carbocycles. The minimum absolute atomic E-state index is 0.0286. The molecular weight excluding hydrogens is 388 g/mol. The summed E-state index contributed by atoms with van der Waals surface area (Å²) < 4.78 is 35.1. The highest BCUT2D eigenvalue weighted by molar-refractivity contribution is 9.10. The van der Waals surface area contributed by atoms with Gasteiger partial charge in [-0.3, -0.25) is 4.79 Å². The van der Waals surface area contributed by atoms with Crippen molar-refractivity contribution in [2.24, 2.45) is 7.05 Å². The van der Waals surface area contributed by atoms with Gasteiger partial charge in [-0.05, 0) is 18.2 Å². The Bertz CT molecular complexity index is 986. The second-order valence-corrected chi connectivity index (χ2v) is 5.76. The number of pyridine rings is 1. The van der Waals surface area contributed by atoms with E-state index in [1.54, 1.807) is 6.07 Å². The van der Waals surface area contributed by atoms with Gasteiger partial charge in [-0.15, -0.1) is 5.10 Å². The summed E-state index contributed by atoms with van der Waals surface area (Å²) in [7, 11) is 1.36. The van der Waals surface area contributed by atoms with Crippen molar-refractivity contribution in [3.8, 4) is 11.5 Å². The van der Waals surface area contributed by atoms with E-state index in [1.807, 2.05) is 0 Å². The summed E-state index contributed by atoms with van der Waals surface area (Å²) in [6.45, 7) is 0. The number of benzene rings is 1. The summed E-state index contributed by atoms with van der Waals surface area (Å²) in [6, 6.07) is 3.93. The van der Waals surface area contributed by atoms with E-state index < -0.39 is 17.2 Å². The van der Waals surface area contributed by atoms with Gasteiger partial charge in [-0.25, -0.2) is 4.39 Å². The molecular formula is C14H10BrF2N5O2. The molecule has 124 valence electrons. The van der Waals surface area contributed by atoms with E-state index in [2.05, 4.69) is 31.4 Å². The first kappa shape index (κ1) is 16.1. The molecule has 1 aromatic carbocycles. The number of nitrogen functional groups attached to an aromatic ring is 1. The maximum absolute atomic E-state index is 14.5. The van der Waals surface area contributed by atoms with Crippen molar-refractivity contribution >= 4 is 33.3 Å². The zero-order valence-electron chi connectivity index (χ0n) is 12.2. The highest BCUT2D eigenvalue weighted by atomic mass is 79.9. The number of nitrogens with two attached hydrogens (primary N) is 1. The highest BCUT2D eigenvalue weighted by Gasteiger charge is 2.21. The van der Waals surface area contributed by atoms with Gasteiger partial charge in [-0.1, -0.05) is 21.0 Å². The van der Waals surface area contributed by atoms with E-state index in [0.717, 1.165) is 4.57 Å². The molecule has 2 aromatic heterocycles. The summed E-state index contributed by atoms with van der Waals surface area (Å²) in [4.78, 5) is 11.9. The number of hydrogen-bond acceptors (Lipinski definition) is 6. The molecule has 0 radical (unpaired) electrons. The van der Waals surface area contributed by atoms with Crippen molar-refractivity contribution in [1.82, 2.24) is 14.8 Å². The van der Waals surface area contributed by atoms with Crippen molar-refractivity contribution in [3.63, 3.8) is 0 Å². The van der Waals surface area contributed by atoms with Gasteiger partial charge in [0.15, 0.2) is 0 Å². The largest absolute Gasteiger partial charge is 0.403 e. The van der Waals surface area contributed by atoms with Crippen LogP contribution in [0.15, 0.2) is 38.1 Å². The van der Waals surface area contributed by atoms with Crippen molar-refractivity contribution in [1.29, 1.82) is 0 Å². The van der Waals surface area contributed by atoms with Crippen molar-refractivity contribution < 1.29 is 13.2 Å². The molecule has 10 heteroatoms. The third-order valence-corrected chi connectivity index (χ3v) is 3.67. The fourth-order valence-corrected chi connectivity index (χ4v) is 2.38. The van der Waals surface area contributed by atoms with Crippen LogP contribution in [-0.2, 0) is 7.05 Å². The minimum Gasteiger partial charge on any atom is -0.403 e. The number of nitrogens with one attached hydrogen (secondary N) is 1. The van der Waals surface area contributed by atoms with Crippen LogP contribution in [0.5, 0.6) is 0 Å². The van der Waals surface area contributed by atoms with Crippen molar-refractivity contribution in [2.75, 3.05) is 11.1 Å². The average molecular weight is 398 g/mol. The van der Waals surface area contributed by atoms with E-state index in [1.165, 1.54) is 25.4 Å². The normalized spacial score (nSPS) is 10.8. The molecule has 0 saturated heterocycles. The predicted molar refractivity (Wildman–Crippen MR) is 86.7 cm³/mol. The van der Waals surface area contributed by atoms with Crippen LogP contribution in [0.4, 0.5) is 26.2 Å². The Morgan fingerprint density at radius 2 is 2.08 bits per heavy atom. The Morgan fingerprint density at radius 1 is 1.33 bits per heavy atom. The summed E-state index contributed by atoms with van der Waals surface area (Å²) in [6.07, 6.45) is 1.29. The third-order valence-electron chi connectivity index (χ3n) is 3.18. The van der Waals surface area contributed by atoms with E-state index in [0.29, 0.717) is 4.47 Å². The average Bonchev–Trinajstić information content (AvgIpc) is 2.96. The van der Waals surface area contributed by atoms with Crippen LogP contribution in [0.1, 0.15) is 0 Å². The van der Waals surface area contributed by atoms with E-state index in [4.69, 9.17) is 10.2 Å². The van der Waals surface area contributed by atoms with Crippen LogP contribution in [0.25, 0.3) is 11.5 Å². The van der Waals surface area contributed by atoms with E-state index >= 15 is 0 Å². The Balaban J connectivity index is 2.18. The molecule has 0 saturated carbocycles. The molecule has 3 N–H and O–H groups in total. The number of rotatable bonds is 3. The van der Waals surface area contributed by atoms with Gasteiger partial charge in [0.2, 0.25) is 5.82 Å². The number of anilines is 3. The molecule has 3 aromatic rings. The monoisotopic (exact) mass is 397 g/mol. The van der Waals surface area contributed by atoms with Crippen LogP contribution in [-0.4, -0.2) is 14.8 Å². The molecule has 0 bridgehead atoms. The summed E-state index contributed by atoms with van der Waals surface area (Å²) >= 11 is 3.13. The lowest BCUT2D eigenvalue weighted by molar-refractivity contribution is 0.577. The SMILES string of the molecule is Cn1cc(-c2nnc(N)o2)c(Nc2ccc(Br)cc2F)c(F)c1=O. The second-order valence-electron chi connectivity index (χ2n) is 4.84. The summed E-state index contributed by atoms with van der Waals surface area (Å²) in [5, 5.41) is 9.73. The van der Waals surface area contributed by atoms with Crippen LogP contribution in [0, 0.1) is 11.6 Å². The van der Waals surface area contributed by atoms with Gasteiger partial charge in [0.1, 0.15) is 5.82 Å². The molecule has 7 nitrogen and oxygen atoms in total. The molecule has 3 rings (SSSR count). The number of hydrogen-bond donors (Lipinski definition) is 2. The van der Waals surface area contributed by atoms with E-state index in [9.17, 15) is 13.6 Å². The number of aromatic nitrogens is 3. The Kier molecular flexibility index (Phi) is 4.06. The Labute approximate surface area is 142 Å². The lowest BCUT2D eigenvalue weighted by Crippen LogP contribution is -2.22. The van der Waals surface area contributed by atoms with Crippen molar-refractivity contribution in [3.05, 3.63) is 50.9 Å². The van der Waals surface area contributed by atoms with Crippen LogP contribution >= 0.6 is 15.9 Å². The standard InChI is InChI=1S/C14H10BrF2N5O2/c1-22-5-7(12-20-21-14(18)24-12)11(10(17)13(22)23)19-9-3-2-6(15)4-8(9)16/h2-5,19H,1H3,(H2,18,21). The Hall–Kier alpha value is -2.75. The summed E-state index contributed by atoms with van der Waals surface area (Å²) in [5.41, 5.74) is 4.23. The zero-order valence-corrected chi connectivity index (χ0v) is 13.8. The first-order valence-corrected chi connectivity index (χ1v) is 7.36. The van der Waals surface area contributed by atoms with Gasteiger partial charge >= 0.3 is 6.01 Å². The van der Waals surface area contributed by atoms with Gasteiger partial charge in [0.25, 0.3) is 11.4 Å². The van der Waals surface area contributed by atoms with Gasteiger partial charge in [-0.2, -0.15) is 4.39 Å². The molecule has 0 fully saturated rings. The fraction of sp³-hybridized carbons (Fsp3) is 0.0714. The van der Waals surface area contributed by atoms with Gasteiger partial charge in [0.05, 0.1) is 16.9 Å². The number of nitrogens with zero attached hydrogens (tertiary/aromatic N) is 3. The van der Waals surface area contributed by atoms with Crippen LogP contribution < -0.4 is 16.6 Å². The van der Waals surface area contributed by atoms with Gasteiger partial charge < -0.3 is 20.0 Å². The molecule has 0 aliphatic rings. The van der Waals surface area contributed by atoms with E-state index in [-0.39, 0.29) is 28.8 Å². The molecule has 2 heterocycles. The minimum atomic E-state index is -1.12. The Morgan fingerprint density at radius 3 is 2.71 bits per heavy atom. The zero-order chi connectivity index (χ0) is 17.4. The molecule has 0 unspecified atom stereocenters. The summed E-state index contributed by atoms with van der Waals surface area (Å²) in [5.74, 6) is -1.86. The first-order chi connectivity index (χ1) is 11.4. The molecule has 0 spiro atoms. The third kappa shape index (κ3) is 2.87. The molecule has 0 atom stereocenters. The highest BCUT2D eigenvalue weighted by Crippen LogP contribution is 2.32. The number of halogens is 3. The topological polar surface area (TPSA) is 99.0 Å². The van der Waals surface area contributed by atoms with Crippen molar-refractivity contribution in [2.45, 2.75) is 0 Å². The lowest BCUT2D eigenvalue weighted by atomic mass is 10.2. The maximum atomic E-state index is 14.5. The number of aryl methyl sites for hydroxylation is 1. The molecule has 24 heavy (non-hydrogen) atoms. The molecule has 0 amide bonds. The van der Waals surface area contributed by atoms with Crippen LogP contribution in [0.3, 0.4) is 0 Å². The predicted octanol–water partition coefficient (Wildman–Crippen LogP) is 2.80. The quantitative estimate of drug-likeness (QED) is 0.704. The fourth-order valence-electron chi connectivity index (χ4n) is 2.05. The van der Waals surface area contributed by atoms with Crippen LogP contribution in [0.2, 0.25) is 0 Å². The lowest BCUT2D eigenvalue weighted by Gasteiger charge is -2.13. The second kappa shape index (κ2) is 6.04. The smallest absolute Gasteiger partial charge is 0.313 e.